The van der Waals surface area contributed by atoms with E-state index in [1.165, 1.54) is 4.88 Å². The molecule has 0 bridgehead atoms. The molecule has 0 saturated carbocycles. The van der Waals surface area contributed by atoms with E-state index in [0.29, 0.717) is 10.8 Å². The van der Waals surface area contributed by atoms with Crippen LogP contribution >= 0.6 is 22.7 Å². The number of fused-ring (bicyclic) bond motifs is 1. The first-order valence-corrected chi connectivity index (χ1v) is 9.54. The van der Waals surface area contributed by atoms with Crippen molar-refractivity contribution in [3.63, 3.8) is 0 Å². The normalized spacial score (nSPS) is 14.5. The lowest BCUT2D eigenvalue weighted by Crippen LogP contribution is -2.29. The number of rotatable bonds is 4. The SMILES string of the molecule is CCN1CCc2nc(NC(=O)c3cc(-c4cccs4)[nH]n3)sc2C1. The predicted molar refractivity (Wildman–Crippen MR) is 96.6 cm³/mol. The number of aromatic amines is 1. The molecule has 24 heavy (non-hydrogen) atoms. The van der Waals surface area contributed by atoms with Gasteiger partial charge in [-0.05, 0) is 24.1 Å². The minimum atomic E-state index is -0.229. The molecule has 0 radical (unpaired) electrons. The van der Waals surface area contributed by atoms with Crippen LogP contribution in [0.25, 0.3) is 10.6 Å². The first-order chi connectivity index (χ1) is 11.7. The summed E-state index contributed by atoms with van der Waals surface area (Å²) < 4.78 is 0. The molecular weight excluding hydrogens is 342 g/mol. The molecule has 0 fully saturated rings. The molecule has 0 aromatic carbocycles. The summed E-state index contributed by atoms with van der Waals surface area (Å²) in [5.74, 6) is -0.229. The highest BCUT2D eigenvalue weighted by atomic mass is 32.1. The summed E-state index contributed by atoms with van der Waals surface area (Å²) in [7, 11) is 0. The highest BCUT2D eigenvalue weighted by molar-refractivity contribution is 7.16. The molecule has 1 aliphatic rings. The van der Waals surface area contributed by atoms with E-state index in [1.807, 2.05) is 17.5 Å². The molecule has 1 aliphatic heterocycles. The number of carbonyl (C=O) groups excluding carboxylic acids is 1. The average molecular weight is 359 g/mol. The molecule has 0 unspecified atom stereocenters. The van der Waals surface area contributed by atoms with Gasteiger partial charge in [-0.1, -0.05) is 13.0 Å². The Kier molecular flexibility index (Phi) is 4.17. The van der Waals surface area contributed by atoms with E-state index in [-0.39, 0.29) is 5.91 Å². The number of nitrogens with zero attached hydrogens (tertiary/aromatic N) is 3. The lowest BCUT2D eigenvalue weighted by atomic mass is 10.2. The number of hydrogen-bond acceptors (Lipinski definition) is 6. The topological polar surface area (TPSA) is 73.9 Å². The van der Waals surface area contributed by atoms with E-state index in [2.05, 4.69) is 32.3 Å². The Labute approximate surface area is 147 Å². The van der Waals surface area contributed by atoms with Crippen LogP contribution in [-0.4, -0.2) is 39.1 Å². The summed E-state index contributed by atoms with van der Waals surface area (Å²) in [6.45, 7) is 5.16. The van der Waals surface area contributed by atoms with Crippen molar-refractivity contribution < 1.29 is 4.79 Å². The summed E-state index contributed by atoms with van der Waals surface area (Å²) in [5, 5.41) is 12.6. The van der Waals surface area contributed by atoms with Gasteiger partial charge in [-0.15, -0.1) is 22.7 Å². The van der Waals surface area contributed by atoms with Crippen LogP contribution in [0.3, 0.4) is 0 Å². The van der Waals surface area contributed by atoms with Gasteiger partial charge in [-0.25, -0.2) is 4.98 Å². The van der Waals surface area contributed by atoms with Gasteiger partial charge in [0, 0.05) is 24.4 Å². The standard InChI is InChI=1S/C16H17N5OS2/c1-2-21-6-5-10-14(9-21)24-16(17-10)18-15(22)12-8-11(19-20-12)13-4-3-7-23-13/h3-4,7-8H,2,5-6,9H2,1H3,(H,19,20)(H,17,18,22). The number of hydrogen-bond donors (Lipinski definition) is 2. The maximum Gasteiger partial charge on any atom is 0.277 e. The van der Waals surface area contributed by atoms with Crippen LogP contribution < -0.4 is 5.32 Å². The van der Waals surface area contributed by atoms with E-state index in [9.17, 15) is 4.79 Å². The molecule has 1 amide bonds. The lowest BCUT2D eigenvalue weighted by molar-refractivity contribution is 0.102. The molecule has 0 atom stereocenters. The molecule has 4 rings (SSSR count). The Morgan fingerprint density at radius 3 is 3.21 bits per heavy atom. The highest BCUT2D eigenvalue weighted by Crippen LogP contribution is 2.29. The molecule has 8 heteroatoms. The highest BCUT2D eigenvalue weighted by Gasteiger charge is 2.21. The zero-order valence-electron chi connectivity index (χ0n) is 13.2. The number of nitrogens with one attached hydrogen (secondary N) is 2. The van der Waals surface area contributed by atoms with E-state index in [0.717, 1.165) is 42.3 Å². The van der Waals surface area contributed by atoms with Crippen LogP contribution in [0.2, 0.25) is 0 Å². The van der Waals surface area contributed by atoms with Gasteiger partial charge in [0.1, 0.15) is 0 Å². The number of thiophene rings is 1. The van der Waals surface area contributed by atoms with Gasteiger partial charge in [0.15, 0.2) is 10.8 Å². The Morgan fingerprint density at radius 1 is 1.50 bits per heavy atom. The van der Waals surface area contributed by atoms with Gasteiger partial charge < -0.3 is 0 Å². The third kappa shape index (κ3) is 3.00. The van der Waals surface area contributed by atoms with Crippen LogP contribution in [0.4, 0.5) is 5.13 Å². The summed E-state index contributed by atoms with van der Waals surface area (Å²) in [4.78, 5) is 21.7. The Hall–Kier alpha value is -2.03. The number of likely N-dealkylation sites (N-methyl/N-ethyl adjacent to an activating group) is 1. The van der Waals surface area contributed by atoms with Crippen molar-refractivity contribution in [3.8, 4) is 10.6 Å². The summed E-state index contributed by atoms with van der Waals surface area (Å²) in [6.07, 6.45) is 0.945. The lowest BCUT2D eigenvalue weighted by Gasteiger charge is -2.23. The van der Waals surface area contributed by atoms with Crippen molar-refractivity contribution in [2.75, 3.05) is 18.4 Å². The third-order valence-corrected chi connectivity index (χ3v) is 5.98. The maximum absolute atomic E-state index is 12.4. The molecule has 0 aliphatic carbocycles. The fourth-order valence-corrected chi connectivity index (χ4v) is 4.47. The molecule has 124 valence electrons. The van der Waals surface area contributed by atoms with Gasteiger partial charge in [-0.3, -0.25) is 20.1 Å². The van der Waals surface area contributed by atoms with Crippen LogP contribution in [0, 0.1) is 0 Å². The quantitative estimate of drug-likeness (QED) is 0.750. The molecule has 3 aromatic heterocycles. The minimum absolute atomic E-state index is 0.229. The van der Waals surface area contributed by atoms with Crippen LogP contribution in [0.1, 0.15) is 28.0 Å². The minimum Gasteiger partial charge on any atom is -0.298 e. The Balaban J connectivity index is 1.48. The molecule has 0 spiro atoms. The molecule has 2 N–H and O–H groups in total. The second-order valence-corrected chi connectivity index (χ2v) is 7.64. The fourth-order valence-electron chi connectivity index (χ4n) is 2.73. The summed E-state index contributed by atoms with van der Waals surface area (Å²) in [6, 6.07) is 5.74. The van der Waals surface area contributed by atoms with Crippen LogP contribution in [0.5, 0.6) is 0 Å². The van der Waals surface area contributed by atoms with E-state index in [4.69, 9.17) is 0 Å². The molecule has 6 nitrogen and oxygen atoms in total. The first-order valence-electron chi connectivity index (χ1n) is 7.84. The van der Waals surface area contributed by atoms with E-state index >= 15 is 0 Å². The third-order valence-electron chi connectivity index (χ3n) is 4.08. The van der Waals surface area contributed by atoms with Gasteiger partial charge in [0.05, 0.1) is 16.3 Å². The van der Waals surface area contributed by atoms with E-state index < -0.39 is 0 Å². The monoisotopic (exact) mass is 359 g/mol. The zero-order valence-corrected chi connectivity index (χ0v) is 14.8. The molecule has 3 aromatic rings. The summed E-state index contributed by atoms with van der Waals surface area (Å²) in [5.41, 5.74) is 2.34. The van der Waals surface area contributed by atoms with Crippen LogP contribution in [-0.2, 0) is 13.0 Å². The maximum atomic E-state index is 12.4. The van der Waals surface area contributed by atoms with Gasteiger partial charge in [0.2, 0.25) is 0 Å². The average Bonchev–Trinajstić information content (AvgIpc) is 3.32. The number of amides is 1. The van der Waals surface area contributed by atoms with Crippen molar-refractivity contribution in [2.24, 2.45) is 0 Å². The second kappa shape index (κ2) is 6.46. The zero-order chi connectivity index (χ0) is 16.5. The first kappa shape index (κ1) is 15.5. The Bertz CT molecular complexity index is 852. The summed E-state index contributed by atoms with van der Waals surface area (Å²) >= 11 is 3.17. The number of aromatic nitrogens is 3. The van der Waals surface area contributed by atoms with Gasteiger partial charge in [-0.2, -0.15) is 5.10 Å². The van der Waals surface area contributed by atoms with Crippen LogP contribution in [0.15, 0.2) is 23.6 Å². The van der Waals surface area contributed by atoms with Crippen molar-refractivity contribution in [2.45, 2.75) is 19.9 Å². The molecule has 0 saturated heterocycles. The number of H-pyrrole nitrogens is 1. The fraction of sp³-hybridized carbons (Fsp3) is 0.312. The predicted octanol–water partition coefficient (Wildman–Crippen LogP) is 3.23. The number of carbonyl (C=O) groups is 1. The van der Waals surface area contributed by atoms with Gasteiger partial charge in [0.25, 0.3) is 5.91 Å². The Morgan fingerprint density at radius 2 is 2.42 bits per heavy atom. The molecular formula is C16H17N5OS2. The number of thiazole rings is 1. The van der Waals surface area contributed by atoms with Crippen molar-refractivity contribution >= 4 is 33.7 Å². The van der Waals surface area contributed by atoms with Gasteiger partial charge >= 0.3 is 0 Å². The van der Waals surface area contributed by atoms with Crippen molar-refractivity contribution in [1.29, 1.82) is 0 Å². The van der Waals surface area contributed by atoms with E-state index in [1.54, 1.807) is 28.7 Å². The number of anilines is 1. The largest absolute Gasteiger partial charge is 0.298 e. The smallest absolute Gasteiger partial charge is 0.277 e. The molecule has 4 heterocycles. The van der Waals surface area contributed by atoms with Crippen molar-refractivity contribution in [3.05, 3.63) is 39.8 Å². The van der Waals surface area contributed by atoms with Crippen molar-refractivity contribution in [1.82, 2.24) is 20.1 Å². The second-order valence-electron chi connectivity index (χ2n) is 5.61.